The van der Waals surface area contributed by atoms with E-state index >= 15 is 0 Å². The van der Waals surface area contributed by atoms with Crippen LogP contribution < -0.4 is 0 Å². The Labute approximate surface area is 108 Å². The Bertz CT molecular complexity index is 632. The summed E-state index contributed by atoms with van der Waals surface area (Å²) in [6.45, 7) is 0. The molecule has 0 radical (unpaired) electrons. The number of benzene rings is 2. The maximum atomic E-state index is 13.4. The summed E-state index contributed by atoms with van der Waals surface area (Å²) < 4.78 is 26.3. The number of nitriles is 1. The van der Waals surface area contributed by atoms with Crippen LogP contribution in [0.5, 0.6) is 0 Å². The van der Waals surface area contributed by atoms with Crippen LogP contribution in [0.4, 0.5) is 8.78 Å². The van der Waals surface area contributed by atoms with Crippen molar-refractivity contribution in [3.05, 3.63) is 69.7 Å². The summed E-state index contributed by atoms with van der Waals surface area (Å²) in [4.78, 5) is 0. The van der Waals surface area contributed by atoms with Crippen LogP contribution in [-0.4, -0.2) is 0 Å². The highest BCUT2D eigenvalue weighted by Gasteiger charge is 2.06. The molecule has 2 aromatic carbocycles. The molecule has 0 bridgehead atoms. The number of rotatable bonds is 2. The SMILES string of the molecule is N#Cc1ccc(Cc2ccc(F)cc2Cl)cc1F. The fraction of sp³-hybridized carbons (Fsp3) is 0.0714. The van der Waals surface area contributed by atoms with Gasteiger partial charge < -0.3 is 0 Å². The van der Waals surface area contributed by atoms with Crippen molar-refractivity contribution in [2.75, 3.05) is 0 Å². The van der Waals surface area contributed by atoms with Gasteiger partial charge in [-0.2, -0.15) is 5.26 Å². The van der Waals surface area contributed by atoms with Crippen molar-refractivity contribution in [1.29, 1.82) is 5.26 Å². The Balaban J connectivity index is 2.29. The lowest BCUT2D eigenvalue weighted by atomic mass is 10.0. The van der Waals surface area contributed by atoms with Gasteiger partial charge in [0.05, 0.1) is 5.56 Å². The van der Waals surface area contributed by atoms with E-state index in [0.717, 1.165) is 0 Å². The molecule has 0 aromatic heterocycles. The van der Waals surface area contributed by atoms with Gasteiger partial charge in [0.2, 0.25) is 0 Å². The first-order valence-corrected chi connectivity index (χ1v) is 5.60. The summed E-state index contributed by atoms with van der Waals surface area (Å²) in [7, 11) is 0. The van der Waals surface area contributed by atoms with E-state index in [2.05, 4.69) is 0 Å². The highest BCUT2D eigenvalue weighted by atomic mass is 35.5. The number of hydrogen-bond acceptors (Lipinski definition) is 1. The van der Waals surface area contributed by atoms with Gasteiger partial charge in [0.25, 0.3) is 0 Å². The lowest BCUT2D eigenvalue weighted by molar-refractivity contribution is 0.621. The molecule has 0 amide bonds. The lowest BCUT2D eigenvalue weighted by Crippen LogP contribution is -1.93. The molecule has 90 valence electrons. The van der Waals surface area contributed by atoms with E-state index in [4.69, 9.17) is 16.9 Å². The van der Waals surface area contributed by atoms with Crippen LogP contribution in [0.1, 0.15) is 16.7 Å². The molecule has 0 atom stereocenters. The molecule has 4 heteroatoms. The summed E-state index contributed by atoms with van der Waals surface area (Å²) in [6.07, 6.45) is 0.391. The predicted molar refractivity (Wildman–Crippen MR) is 65.3 cm³/mol. The van der Waals surface area contributed by atoms with Crippen LogP contribution in [0.2, 0.25) is 5.02 Å². The maximum absolute atomic E-state index is 13.4. The largest absolute Gasteiger partial charge is 0.207 e. The van der Waals surface area contributed by atoms with Crippen molar-refractivity contribution in [1.82, 2.24) is 0 Å². The van der Waals surface area contributed by atoms with E-state index in [1.54, 1.807) is 18.2 Å². The molecule has 0 heterocycles. The van der Waals surface area contributed by atoms with Crippen molar-refractivity contribution in [2.24, 2.45) is 0 Å². The third kappa shape index (κ3) is 2.66. The summed E-state index contributed by atoms with van der Waals surface area (Å²) >= 11 is 5.89. The smallest absolute Gasteiger partial charge is 0.141 e. The molecular formula is C14H8ClF2N. The molecule has 0 saturated carbocycles. The van der Waals surface area contributed by atoms with E-state index in [0.29, 0.717) is 22.6 Å². The van der Waals surface area contributed by atoms with Gasteiger partial charge in [0.1, 0.15) is 17.7 Å². The Morgan fingerprint density at radius 2 is 1.89 bits per heavy atom. The molecule has 0 fully saturated rings. The Morgan fingerprint density at radius 3 is 2.50 bits per heavy atom. The molecule has 0 N–H and O–H groups in total. The maximum Gasteiger partial charge on any atom is 0.141 e. The molecule has 2 rings (SSSR count). The van der Waals surface area contributed by atoms with E-state index in [9.17, 15) is 8.78 Å². The second-order valence-corrected chi connectivity index (χ2v) is 4.25. The minimum atomic E-state index is -0.562. The fourth-order valence-electron chi connectivity index (χ4n) is 1.64. The first-order chi connectivity index (χ1) is 8.60. The molecular weight excluding hydrogens is 256 g/mol. The van der Waals surface area contributed by atoms with Crippen molar-refractivity contribution in [2.45, 2.75) is 6.42 Å². The van der Waals surface area contributed by atoms with Crippen molar-refractivity contribution in [3.63, 3.8) is 0 Å². The predicted octanol–water partition coefficient (Wildman–Crippen LogP) is 4.08. The summed E-state index contributed by atoms with van der Waals surface area (Å²) in [5.74, 6) is -0.969. The number of nitrogens with zero attached hydrogens (tertiary/aromatic N) is 1. The minimum absolute atomic E-state index is 0.00366. The lowest BCUT2D eigenvalue weighted by Gasteiger charge is -2.05. The van der Waals surface area contributed by atoms with Crippen molar-refractivity contribution >= 4 is 11.6 Å². The standard InChI is InChI=1S/C14H8ClF2N/c15-13-7-12(16)4-3-10(13)5-9-1-2-11(8-18)14(17)6-9/h1-4,6-7H,5H2. The zero-order valence-electron chi connectivity index (χ0n) is 9.25. The molecule has 18 heavy (non-hydrogen) atoms. The third-order valence-corrected chi connectivity index (χ3v) is 2.92. The van der Waals surface area contributed by atoms with Gasteiger partial charge in [-0.05, 0) is 41.8 Å². The van der Waals surface area contributed by atoms with E-state index in [1.165, 1.54) is 24.3 Å². The first kappa shape index (κ1) is 12.5. The van der Waals surface area contributed by atoms with Gasteiger partial charge in [-0.15, -0.1) is 0 Å². The van der Waals surface area contributed by atoms with Crippen LogP contribution in [0.25, 0.3) is 0 Å². The Morgan fingerprint density at radius 1 is 1.11 bits per heavy atom. The van der Waals surface area contributed by atoms with Crippen molar-refractivity contribution in [3.8, 4) is 6.07 Å². The number of halogens is 3. The van der Waals surface area contributed by atoms with E-state index in [-0.39, 0.29) is 5.56 Å². The third-order valence-electron chi connectivity index (χ3n) is 2.56. The molecule has 0 aliphatic heterocycles. The Hall–Kier alpha value is -1.92. The first-order valence-electron chi connectivity index (χ1n) is 5.22. The monoisotopic (exact) mass is 263 g/mol. The van der Waals surface area contributed by atoms with Gasteiger partial charge in [-0.3, -0.25) is 0 Å². The average Bonchev–Trinajstić information content (AvgIpc) is 2.33. The van der Waals surface area contributed by atoms with Crippen LogP contribution in [-0.2, 0) is 6.42 Å². The molecule has 0 aliphatic rings. The summed E-state index contributed by atoms with van der Waals surface area (Å²) in [6, 6.07) is 10.2. The molecule has 2 aromatic rings. The molecule has 0 spiro atoms. The van der Waals surface area contributed by atoms with Gasteiger partial charge in [0.15, 0.2) is 0 Å². The highest BCUT2D eigenvalue weighted by molar-refractivity contribution is 6.31. The summed E-state index contributed by atoms with van der Waals surface area (Å²) in [5.41, 5.74) is 1.39. The molecule has 0 unspecified atom stereocenters. The average molecular weight is 264 g/mol. The quantitative estimate of drug-likeness (QED) is 0.801. The van der Waals surface area contributed by atoms with Gasteiger partial charge in [-0.25, -0.2) is 8.78 Å². The number of hydrogen-bond donors (Lipinski definition) is 0. The van der Waals surface area contributed by atoms with Gasteiger partial charge >= 0.3 is 0 Å². The van der Waals surface area contributed by atoms with E-state index in [1.807, 2.05) is 0 Å². The van der Waals surface area contributed by atoms with Crippen LogP contribution >= 0.6 is 11.6 Å². The van der Waals surface area contributed by atoms with Crippen LogP contribution in [0.15, 0.2) is 36.4 Å². The van der Waals surface area contributed by atoms with Crippen LogP contribution in [0.3, 0.4) is 0 Å². The zero-order chi connectivity index (χ0) is 13.1. The molecule has 0 saturated heterocycles. The van der Waals surface area contributed by atoms with Gasteiger partial charge in [-0.1, -0.05) is 23.7 Å². The second-order valence-electron chi connectivity index (χ2n) is 3.84. The van der Waals surface area contributed by atoms with Gasteiger partial charge in [0, 0.05) is 5.02 Å². The molecule has 0 aliphatic carbocycles. The van der Waals surface area contributed by atoms with Crippen LogP contribution in [0, 0.1) is 23.0 Å². The normalized spacial score (nSPS) is 10.1. The Kier molecular flexibility index (Phi) is 3.59. The second kappa shape index (κ2) is 5.16. The van der Waals surface area contributed by atoms with E-state index < -0.39 is 11.6 Å². The fourth-order valence-corrected chi connectivity index (χ4v) is 1.88. The molecule has 1 nitrogen and oxygen atoms in total. The van der Waals surface area contributed by atoms with Crippen molar-refractivity contribution < 1.29 is 8.78 Å². The zero-order valence-corrected chi connectivity index (χ0v) is 10.0. The summed E-state index contributed by atoms with van der Waals surface area (Å²) in [5, 5.41) is 8.93. The topological polar surface area (TPSA) is 23.8 Å². The minimum Gasteiger partial charge on any atom is -0.207 e. The highest BCUT2D eigenvalue weighted by Crippen LogP contribution is 2.21.